The van der Waals surface area contributed by atoms with E-state index in [9.17, 15) is 0 Å². The molecule has 0 atom stereocenters. The minimum Gasteiger partial charge on any atom is -0.494 e. The third-order valence-electron chi connectivity index (χ3n) is 3.09. The Labute approximate surface area is 130 Å². The summed E-state index contributed by atoms with van der Waals surface area (Å²) in [7, 11) is 0. The van der Waals surface area contributed by atoms with Gasteiger partial charge in [0.2, 0.25) is 0 Å². The molecule has 0 saturated heterocycles. The van der Waals surface area contributed by atoms with Gasteiger partial charge in [-0.15, -0.1) is 5.10 Å². The SMILES string of the molecule is NCCCCc1cn(CCCOc2ccc(Cl)cc2)nn1. The van der Waals surface area contributed by atoms with Gasteiger partial charge >= 0.3 is 0 Å². The molecule has 0 aliphatic rings. The van der Waals surface area contributed by atoms with Gasteiger partial charge < -0.3 is 10.5 Å². The van der Waals surface area contributed by atoms with Gasteiger partial charge in [0.15, 0.2) is 0 Å². The Kier molecular flexibility index (Phi) is 6.50. The Morgan fingerprint density at radius 2 is 1.95 bits per heavy atom. The van der Waals surface area contributed by atoms with Crippen LogP contribution in [0.3, 0.4) is 0 Å². The van der Waals surface area contributed by atoms with Crippen molar-refractivity contribution >= 4 is 11.6 Å². The van der Waals surface area contributed by atoms with Crippen molar-refractivity contribution in [3.63, 3.8) is 0 Å². The van der Waals surface area contributed by atoms with Gasteiger partial charge in [-0.25, -0.2) is 0 Å². The molecule has 2 rings (SSSR count). The number of aromatic nitrogens is 3. The van der Waals surface area contributed by atoms with Crippen LogP contribution in [0.25, 0.3) is 0 Å². The summed E-state index contributed by atoms with van der Waals surface area (Å²) >= 11 is 5.82. The van der Waals surface area contributed by atoms with Crippen molar-refractivity contribution in [2.24, 2.45) is 5.73 Å². The molecule has 0 saturated carbocycles. The van der Waals surface area contributed by atoms with Crippen LogP contribution >= 0.6 is 11.6 Å². The lowest BCUT2D eigenvalue weighted by Gasteiger charge is -2.05. The molecule has 5 nitrogen and oxygen atoms in total. The van der Waals surface area contributed by atoms with Crippen LogP contribution < -0.4 is 10.5 Å². The van der Waals surface area contributed by atoms with E-state index in [1.807, 2.05) is 35.1 Å². The maximum Gasteiger partial charge on any atom is 0.119 e. The summed E-state index contributed by atoms with van der Waals surface area (Å²) in [5.41, 5.74) is 6.50. The number of ether oxygens (including phenoxy) is 1. The van der Waals surface area contributed by atoms with Crippen LogP contribution in [0, 0.1) is 0 Å². The summed E-state index contributed by atoms with van der Waals surface area (Å²) in [5, 5.41) is 8.98. The predicted octanol–water partition coefficient (Wildman–Crippen LogP) is 2.68. The Morgan fingerprint density at radius 1 is 1.14 bits per heavy atom. The van der Waals surface area contributed by atoms with Crippen LogP contribution in [0.2, 0.25) is 5.02 Å². The van der Waals surface area contributed by atoms with Crippen molar-refractivity contribution in [1.82, 2.24) is 15.0 Å². The highest BCUT2D eigenvalue weighted by Crippen LogP contribution is 2.15. The first kappa shape index (κ1) is 15.8. The van der Waals surface area contributed by atoms with Crippen molar-refractivity contribution in [2.45, 2.75) is 32.2 Å². The molecule has 0 aliphatic heterocycles. The fourth-order valence-electron chi connectivity index (χ4n) is 1.96. The van der Waals surface area contributed by atoms with Crippen molar-refractivity contribution in [3.05, 3.63) is 41.2 Å². The molecule has 1 heterocycles. The zero-order valence-electron chi connectivity index (χ0n) is 12.0. The first-order valence-electron chi connectivity index (χ1n) is 7.25. The Hall–Kier alpha value is -1.59. The van der Waals surface area contributed by atoms with E-state index in [4.69, 9.17) is 22.1 Å². The molecule has 1 aromatic heterocycles. The fraction of sp³-hybridized carbons (Fsp3) is 0.467. The van der Waals surface area contributed by atoms with E-state index in [0.717, 1.165) is 50.2 Å². The topological polar surface area (TPSA) is 66.0 Å². The fourth-order valence-corrected chi connectivity index (χ4v) is 2.09. The number of aryl methyl sites for hydroxylation is 2. The monoisotopic (exact) mass is 308 g/mol. The minimum atomic E-state index is 0.643. The molecule has 114 valence electrons. The smallest absolute Gasteiger partial charge is 0.119 e. The summed E-state index contributed by atoms with van der Waals surface area (Å²) in [4.78, 5) is 0. The van der Waals surface area contributed by atoms with Gasteiger partial charge in [0, 0.05) is 24.2 Å². The standard InChI is InChI=1S/C15H21ClN4O/c16-13-5-7-15(8-6-13)21-11-3-10-20-12-14(18-19-20)4-1-2-9-17/h5-8,12H,1-4,9-11,17H2. The average Bonchev–Trinajstić information content (AvgIpc) is 2.94. The lowest BCUT2D eigenvalue weighted by atomic mass is 10.2. The van der Waals surface area contributed by atoms with E-state index in [1.165, 1.54) is 0 Å². The first-order chi connectivity index (χ1) is 10.3. The van der Waals surface area contributed by atoms with Crippen molar-refractivity contribution < 1.29 is 4.74 Å². The van der Waals surface area contributed by atoms with Crippen LogP contribution in [-0.2, 0) is 13.0 Å². The molecule has 0 radical (unpaired) electrons. The normalized spacial score (nSPS) is 10.8. The molecular formula is C15H21ClN4O. The molecule has 1 aromatic carbocycles. The van der Waals surface area contributed by atoms with Crippen LogP contribution in [0.1, 0.15) is 25.0 Å². The van der Waals surface area contributed by atoms with Gasteiger partial charge in [-0.3, -0.25) is 4.68 Å². The van der Waals surface area contributed by atoms with Gasteiger partial charge in [0.1, 0.15) is 5.75 Å². The molecule has 0 bridgehead atoms. The third-order valence-corrected chi connectivity index (χ3v) is 3.34. The van der Waals surface area contributed by atoms with Gasteiger partial charge in [-0.1, -0.05) is 16.8 Å². The first-order valence-corrected chi connectivity index (χ1v) is 7.63. The highest BCUT2D eigenvalue weighted by Gasteiger charge is 2.01. The Balaban J connectivity index is 1.65. The molecule has 2 N–H and O–H groups in total. The van der Waals surface area contributed by atoms with E-state index in [2.05, 4.69) is 10.3 Å². The second kappa shape index (κ2) is 8.64. The third kappa shape index (κ3) is 5.73. The largest absolute Gasteiger partial charge is 0.494 e. The highest BCUT2D eigenvalue weighted by atomic mass is 35.5. The second-order valence-electron chi connectivity index (χ2n) is 4.87. The summed E-state index contributed by atoms with van der Waals surface area (Å²) < 4.78 is 7.50. The van der Waals surface area contributed by atoms with E-state index in [0.29, 0.717) is 11.6 Å². The van der Waals surface area contributed by atoms with E-state index in [1.54, 1.807) is 0 Å². The number of nitrogens with zero attached hydrogens (tertiary/aromatic N) is 3. The predicted molar refractivity (Wildman–Crippen MR) is 83.6 cm³/mol. The molecule has 21 heavy (non-hydrogen) atoms. The number of hydrogen-bond donors (Lipinski definition) is 1. The van der Waals surface area contributed by atoms with Gasteiger partial charge in [-0.05, 0) is 50.1 Å². The number of benzene rings is 1. The summed E-state index contributed by atoms with van der Waals surface area (Å²) in [6, 6.07) is 7.38. The molecule has 0 aliphatic carbocycles. The molecule has 0 spiro atoms. The number of rotatable bonds is 9. The van der Waals surface area contributed by atoms with Gasteiger partial charge in [-0.2, -0.15) is 0 Å². The molecular weight excluding hydrogens is 288 g/mol. The molecule has 2 aromatic rings. The lowest BCUT2D eigenvalue weighted by molar-refractivity contribution is 0.298. The van der Waals surface area contributed by atoms with Crippen LogP contribution in [0.4, 0.5) is 0 Å². The highest BCUT2D eigenvalue weighted by molar-refractivity contribution is 6.30. The zero-order chi connectivity index (χ0) is 14.9. The van der Waals surface area contributed by atoms with Crippen molar-refractivity contribution in [3.8, 4) is 5.75 Å². The second-order valence-corrected chi connectivity index (χ2v) is 5.31. The number of unbranched alkanes of at least 4 members (excludes halogenated alkanes) is 1. The summed E-state index contributed by atoms with van der Waals surface area (Å²) in [5.74, 6) is 0.834. The Bertz CT molecular complexity index is 527. The van der Waals surface area contributed by atoms with Crippen LogP contribution in [-0.4, -0.2) is 28.1 Å². The number of hydrogen-bond acceptors (Lipinski definition) is 4. The van der Waals surface area contributed by atoms with Crippen molar-refractivity contribution in [2.75, 3.05) is 13.2 Å². The van der Waals surface area contributed by atoms with E-state index < -0.39 is 0 Å². The molecule has 6 heteroatoms. The quantitative estimate of drug-likeness (QED) is 0.723. The van der Waals surface area contributed by atoms with Gasteiger partial charge in [0.25, 0.3) is 0 Å². The molecule has 0 fully saturated rings. The zero-order valence-corrected chi connectivity index (χ0v) is 12.8. The van der Waals surface area contributed by atoms with Crippen molar-refractivity contribution in [1.29, 1.82) is 0 Å². The maximum atomic E-state index is 5.82. The van der Waals surface area contributed by atoms with Crippen LogP contribution in [0.5, 0.6) is 5.75 Å². The summed E-state index contributed by atoms with van der Waals surface area (Å²) in [6.07, 6.45) is 5.92. The maximum absolute atomic E-state index is 5.82. The summed E-state index contributed by atoms with van der Waals surface area (Å²) in [6.45, 7) is 2.18. The Morgan fingerprint density at radius 3 is 2.71 bits per heavy atom. The van der Waals surface area contributed by atoms with E-state index >= 15 is 0 Å². The lowest BCUT2D eigenvalue weighted by Crippen LogP contribution is -2.05. The molecule has 0 amide bonds. The number of halogens is 1. The van der Waals surface area contributed by atoms with E-state index in [-0.39, 0.29) is 0 Å². The number of nitrogens with two attached hydrogens (primary N) is 1. The molecule has 0 unspecified atom stereocenters. The average molecular weight is 309 g/mol. The van der Waals surface area contributed by atoms with Crippen LogP contribution in [0.15, 0.2) is 30.5 Å². The van der Waals surface area contributed by atoms with Gasteiger partial charge in [0.05, 0.1) is 12.3 Å². The minimum absolute atomic E-state index is 0.643.